The first kappa shape index (κ1) is 14.6. The Morgan fingerprint density at radius 3 is 2.40 bits per heavy atom. The quantitative estimate of drug-likeness (QED) is 0.706. The molecule has 0 aromatic carbocycles. The minimum Gasteiger partial charge on any atom is -0.397 e. The number of carbonyl (C=O) groups excluding carboxylic acids is 2. The van der Waals surface area contributed by atoms with Crippen LogP contribution in [-0.4, -0.2) is 49.9 Å². The molecule has 1 aliphatic heterocycles. The molecule has 110 valence electrons. The molecule has 1 aliphatic rings. The van der Waals surface area contributed by atoms with Crippen molar-refractivity contribution in [3.63, 3.8) is 0 Å². The lowest BCUT2D eigenvalue weighted by Gasteiger charge is -2.21. The van der Waals surface area contributed by atoms with Gasteiger partial charge in [0.15, 0.2) is 0 Å². The number of hydrogen-bond acceptors (Lipinski definition) is 6. The molecule has 1 saturated heterocycles. The summed E-state index contributed by atoms with van der Waals surface area (Å²) >= 11 is 1.15. The third-order valence-electron chi connectivity index (χ3n) is 3.40. The van der Waals surface area contributed by atoms with Gasteiger partial charge in [-0.2, -0.15) is 0 Å². The molecular formula is C12H19N5O2S. The van der Waals surface area contributed by atoms with Gasteiger partial charge in [-0.15, -0.1) is 11.3 Å². The van der Waals surface area contributed by atoms with Crippen LogP contribution >= 0.6 is 11.3 Å². The van der Waals surface area contributed by atoms with Gasteiger partial charge in [-0.05, 0) is 20.0 Å². The Balaban J connectivity index is 2.42. The smallest absolute Gasteiger partial charge is 0.260 e. The first-order valence-electron chi connectivity index (χ1n) is 6.37. The Hall–Kier alpha value is -1.80. The molecule has 8 heteroatoms. The number of nitrogen functional groups attached to an aromatic ring is 1. The number of anilines is 2. The number of hydrogen-bond donors (Lipinski definition) is 3. The van der Waals surface area contributed by atoms with Crippen LogP contribution in [0.15, 0.2) is 0 Å². The first-order chi connectivity index (χ1) is 9.41. The van der Waals surface area contributed by atoms with Crippen LogP contribution in [-0.2, 0) is 0 Å². The summed E-state index contributed by atoms with van der Waals surface area (Å²) in [5, 5.41) is 0.652. The van der Waals surface area contributed by atoms with E-state index < -0.39 is 11.8 Å². The van der Waals surface area contributed by atoms with Crippen LogP contribution in [0.2, 0.25) is 0 Å². The first-order valence-corrected chi connectivity index (χ1v) is 7.18. The Morgan fingerprint density at radius 2 is 1.80 bits per heavy atom. The van der Waals surface area contributed by atoms with Gasteiger partial charge in [0.05, 0.1) is 11.3 Å². The summed E-state index contributed by atoms with van der Waals surface area (Å²) in [5.74, 6) is -1.26. The minimum atomic E-state index is -0.631. The van der Waals surface area contributed by atoms with Gasteiger partial charge < -0.3 is 27.0 Å². The molecule has 2 heterocycles. The summed E-state index contributed by atoms with van der Waals surface area (Å²) in [6, 6.07) is 0. The Kier molecular flexibility index (Phi) is 4.15. The van der Waals surface area contributed by atoms with Gasteiger partial charge in [0.1, 0.15) is 9.88 Å². The molecule has 6 N–H and O–H groups in total. The van der Waals surface area contributed by atoms with E-state index in [-0.39, 0.29) is 16.1 Å². The molecule has 0 atom stereocenters. The lowest BCUT2D eigenvalue weighted by atomic mass is 10.2. The zero-order valence-corrected chi connectivity index (χ0v) is 12.2. The molecule has 0 unspecified atom stereocenters. The van der Waals surface area contributed by atoms with E-state index in [1.165, 1.54) is 0 Å². The topological polar surface area (TPSA) is 119 Å². The standard InChI is InChI=1S/C12H19N5O2S/c1-16-3-2-4-17(6-5-16)12-7(10(14)18)8(13)9(20-12)11(15)19/h2-6,13H2,1H3,(H2,14,18)(H2,15,19). The van der Waals surface area contributed by atoms with Gasteiger partial charge in [0.2, 0.25) is 0 Å². The summed E-state index contributed by atoms with van der Waals surface area (Å²) in [5.41, 5.74) is 16.9. The lowest BCUT2D eigenvalue weighted by Crippen LogP contribution is -2.29. The molecular weight excluding hydrogens is 278 g/mol. The molecule has 20 heavy (non-hydrogen) atoms. The fourth-order valence-electron chi connectivity index (χ4n) is 2.32. The Labute approximate surface area is 121 Å². The highest BCUT2D eigenvalue weighted by Crippen LogP contribution is 2.38. The van der Waals surface area contributed by atoms with Crippen molar-refractivity contribution in [2.45, 2.75) is 6.42 Å². The molecule has 0 spiro atoms. The monoisotopic (exact) mass is 297 g/mol. The van der Waals surface area contributed by atoms with Gasteiger partial charge in [-0.3, -0.25) is 9.59 Å². The lowest BCUT2D eigenvalue weighted by molar-refractivity contribution is 0.0999. The van der Waals surface area contributed by atoms with Gasteiger partial charge in [-0.1, -0.05) is 0 Å². The highest BCUT2D eigenvalue weighted by molar-refractivity contribution is 7.19. The van der Waals surface area contributed by atoms with Crippen molar-refractivity contribution in [3.8, 4) is 0 Å². The van der Waals surface area contributed by atoms with Crippen molar-refractivity contribution in [2.24, 2.45) is 11.5 Å². The number of thiophene rings is 1. The largest absolute Gasteiger partial charge is 0.397 e. The van der Waals surface area contributed by atoms with E-state index >= 15 is 0 Å². The van der Waals surface area contributed by atoms with Crippen molar-refractivity contribution < 1.29 is 9.59 Å². The predicted molar refractivity (Wildman–Crippen MR) is 80.1 cm³/mol. The second kappa shape index (κ2) is 5.68. The van der Waals surface area contributed by atoms with Crippen LogP contribution in [0.5, 0.6) is 0 Å². The van der Waals surface area contributed by atoms with E-state index in [1.54, 1.807) is 0 Å². The van der Waals surface area contributed by atoms with E-state index in [9.17, 15) is 9.59 Å². The maximum Gasteiger partial charge on any atom is 0.260 e. The van der Waals surface area contributed by atoms with Crippen molar-refractivity contribution in [3.05, 3.63) is 10.4 Å². The van der Waals surface area contributed by atoms with E-state index in [0.717, 1.165) is 43.9 Å². The Bertz CT molecular complexity index is 542. The van der Waals surface area contributed by atoms with Crippen LogP contribution in [0.25, 0.3) is 0 Å². The second-order valence-electron chi connectivity index (χ2n) is 4.90. The number of likely N-dealkylation sites (N-methyl/N-ethyl adjacent to an activating group) is 1. The molecule has 0 radical (unpaired) electrons. The second-order valence-corrected chi connectivity index (χ2v) is 5.90. The maximum absolute atomic E-state index is 11.6. The maximum atomic E-state index is 11.6. The SMILES string of the molecule is CN1CCCN(c2sc(C(N)=O)c(N)c2C(N)=O)CC1. The molecule has 7 nitrogen and oxygen atoms in total. The molecule has 0 bridgehead atoms. The summed E-state index contributed by atoms with van der Waals surface area (Å²) in [4.78, 5) is 27.5. The third-order valence-corrected chi connectivity index (χ3v) is 4.68. The molecule has 1 aromatic heterocycles. The number of rotatable bonds is 3. The average Bonchev–Trinajstić information content (AvgIpc) is 2.56. The molecule has 1 aromatic rings. The summed E-state index contributed by atoms with van der Waals surface area (Å²) in [6.07, 6.45) is 0.971. The predicted octanol–water partition coefficient (Wildman–Crippen LogP) is -0.330. The van der Waals surface area contributed by atoms with Crippen LogP contribution < -0.4 is 22.1 Å². The zero-order chi connectivity index (χ0) is 14.9. The van der Waals surface area contributed by atoms with Gasteiger partial charge in [0.25, 0.3) is 11.8 Å². The number of carbonyl (C=O) groups is 2. The van der Waals surface area contributed by atoms with Crippen molar-refractivity contribution in [1.82, 2.24) is 4.90 Å². The van der Waals surface area contributed by atoms with E-state index in [0.29, 0.717) is 5.00 Å². The van der Waals surface area contributed by atoms with E-state index in [4.69, 9.17) is 17.2 Å². The van der Waals surface area contributed by atoms with Crippen molar-refractivity contribution in [1.29, 1.82) is 0 Å². The van der Waals surface area contributed by atoms with E-state index in [2.05, 4.69) is 16.8 Å². The minimum absolute atomic E-state index is 0.0996. The summed E-state index contributed by atoms with van der Waals surface area (Å²) in [7, 11) is 2.05. The van der Waals surface area contributed by atoms with Crippen molar-refractivity contribution in [2.75, 3.05) is 43.9 Å². The van der Waals surface area contributed by atoms with Crippen LogP contribution in [0, 0.1) is 0 Å². The highest BCUT2D eigenvalue weighted by Gasteiger charge is 2.27. The van der Waals surface area contributed by atoms with Crippen LogP contribution in [0.1, 0.15) is 26.5 Å². The van der Waals surface area contributed by atoms with E-state index in [1.807, 2.05) is 0 Å². The molecule has 2 amide bonds. The Morgan fingerprint density at radius 1 is 1.10 bits per heavy atom. The van der Waals surface area contributed by atoms with Gasteiger partial charge in [0, 0.05) is 19.6 Å². The number of amides is 2. The van der Waals surface area contributed by atoms with Gasteiger partial charge >= 0.3 is 0 Å². The number of nitrogens with zero attached hydrogens (tertiary/aromatic N) is 2. The zero-order valence-electron chi connectivity index (χ0n) is 11.4. The molecule has 2 rings (SSSR count). The molecule has 0 saturated carbocycles. The normalized spacial score (nSPS) is 16.9. The third kappa shape index (κ3) is 2.70. The summed E-state index contributed by atoms with van der Waals surface area (Å²) < 4.78 is 0. The average molecular weight is 297 g/mol. The molecule has 0 aliphatic carbocycles. The highest BCUT2D eigenvalue weighted by atomic mass is 32.1. The van der Waals surface area contributed by atoms with Crippen LogP contribution in [0.3, 0.4) is 0 Å². The molecule has 1 fully saturated rings. The van der Waals surface area contributed by atoms with Gasteiger partial charge in [-0.25, -0.2) is 0 Å². The summed E-state index contributed by atoms with van der Waals surface area (Å²) in [6.45, 7) is 3.42. The number of nitrogens with two attached hydrogens (primary N) is 3. The fourth-order valence-corrected chi connectivity index (χ4v) is 3.46. The number of primary amides is 2. The fraction of sp³-hybridized carbons (Fsp3) is 0.500. The van der Waals surface area contributed by atoms with Crippen LogP contribution in [0.4, 0.5) is 10.7 Å². The van der Waals surface area contributed by atoms with Crippen molar-refractivity contribution >= 4 is 33.8 Å².